The van der Waals surface area contributed by atoms with Gasteiger partial charge in [-0.25, -0.2) is 0 Å². The third-order valence-corrected chi connectivity index (χ3v) is 5.00. The van der Waals surface area contributed by atoms with Crippen LogP contribution >= 0.6 is 8.22 Å². The third-order valence-electron chi connectivity index (χ3n) is 2.63. The Labute approximate surface area is 92.1 Å². The lowest BCUT2D eigenvalue weighted by Crippen LogP contribution is -1.94. The van der Waals surface area contributed by atoms with Crippen LogP contribution in [0.4, 0.5) is 0 Å². The Morgan fingerprint density at radius 1 is 0.933 bits per heavy atom. The lowest BCUT2D eigenvalue weighted by atomic mass is 10.2. The van der Waals surface area contributed by atoms with Gasteiger partial charge in [-0.2, -0.15) is 0 Å². The van der Waals surface area contributed by atoms with Gasteiger partial charge in [-0.3, -0.25) is 9.34 Å². The van der Waals surface area contributed by atoms with E-state index in [0.717, 1.165) is 0 Å². The van der Waals surface area contributed by atoms with E-state index in [1.54, 1.807) is 0 Å². The predicted molar refractivity (Wildman–Crippen MR) is 65.5 cm³/mol. The van der Waals surface area contributed by atoms with E-state index in [-0.39, 0.29) is 8.22 Å². The third kappa shape index (κ3) is 2.46. The van der Waals surface area contributed by atoms with E-state index < -0.39 is 0 Å². The minimum absolute atomic E-state index is 0.0940. The smallest absolute Gasteiger partial charge is 0.0650 e. The fourth-order valence-electron chi connectivity index (χ4n) is 1.58. The maximum absolute atomic E-state index is 2.56. The largest absolute Gasteiger partial charge is 0.264 e. The van der Waals surface area contributed by atoms with Gasteiger partial charge < -0.3 is 0 Å². The van der Waals surface area contributed by atoms with Gasteiger partial charge in [-0.15, -0.1) is 0 Å². The summed E-state index contributed by atoms with van der Waals surface area (Å²) in [5.74, 6) is 2.39. The van der Waals surface area contributed by atoms with Gasteiger partial charge >= 0.3 is 0 Å². The highest BCUT2D eigenvalue weighted by Gasteiger charge is 2.35. The fraction of sp³-hybridized carbons (Fsp3) is 0.333. The first-order chi connectivity index (χ1) is 7.43. The molecule has 0 spiro atoms. The van der Waals surface area contributed by atoms with Crippen LogP contribution in [0.25, 0.3) is 6.08 Å². The molecular formula is C12H15N2P. The number of rotatable bonds is 4. The topological polar surface area (TPSA) is 6.02 Å². The van der Waals surface area contributed by atoms with Crippen molar-refractivity contribution in [1.82, 2.24) is 9.34 Å². The highest BCUT2D eigenvalue weighted by Crippen LogP contribution is 2.53. The molecule has 0 aromatic heterocycles. The minimum atomic E-state index is -0.0940. The van der Waals surface area contributed by atoms with Crippen molar-refractivity contribution in [3.63, 3.8) is 0 Å². The molecule has 2 nitrogen and oxygen atoms in total. The second-order valence-electron chi connectivity index (χ2n) is 3.95. The van der Waals surface area contributed by atoms with Gasteiger partial charge in [-0.1, -0.05) is 36.4 Å². The van der Waals surface area contributed by atoms with Crippen LogP contribution in [-0.4, -0.2) is 35.5 Å². The summed E-state index contributed by atoms with van der Waals surface area (Å²) < 4.78 is 5.11. The zero-order chi connectivity index (χ0) is 10.1. The van der Waals surface area contributed by atoms with Crippen molar-refractivity contribution < 1.29 is 0 Å². The molecule has 0 amide bonds. The van der Waals surface area contributed by atoms with Crippen LogP contribution in [0, 0.1) is 0 Å². The van der Waals surface area contributed by atoms with Crippen LogP contribution in [0.15, 0.2) is 36.1 Å². The molecule has 0 radical (unpaired) electrons. The number of nitrogens with zero attached hydrogens (tertiary/aromatic N) is 2. The first kappa shape index (κ1) is 9.53. The minimum Gasteiger partial charge on any atom is -0.264 e. The molecule has 0 aliphatic carbocycles. The van der Waals surface area contributed by atoms with E-state index in [2.05, 4.69) is 51.6 Å². The predicted octanol–water partition coefficient (Wildman–Crippen LogP) is 2.60. The van der Waals surface area contributed by atoms with Crippen molar-refractivity contribution in [1.29, 1.82) is 0 Å². The average molecular weight is 218 g/mol. The average Bonchev–Trinajstić information content (AvgIpc) is 3.14. The molecule has 0 unspecified atom stereocenters. The maximum Gasteiger partial charge on any atom is 0.0650 e. The molecule has 15 heavy (non-hydrogen) atoms. The SMILES string of the molecule is C(=CP(N1CC1)N1CC1)c1ccccc1. The van der Waals surface area contributed by atoms with Crippen molar-refractivity contribution in [2.45, 2.75) is 0 Å². The first-order valence-electron chi connectivity index (χ1n) is 5.46. The zero-order valence-corrected chi connectivity index (χ0v) is 9.61. The zero-order valence-electron chi connectivity index (χ0n) is 8.71. The molecule has 2 aliphatic heterocycles. The van der Waals surface area contributed by atoms with E-state index in [1.165, 1.54) is 31.7 Å². The highest BCUT2D eigenvalue weighted by atomic mass is 31.1. The van der Waals surface area contributed by atoms with Gasteiger partial charge in [0.25, 0.3) is 0 Å². The van der Waals surface area contributed by atoms with Crippen LogP contribution in [0.3, 0.4) is 0 Å². The second-order valence-corrected chi connectivity index (χ2v) is 6.02. The normalized spacial score (nSPS) is 21.4. The van der Waals surface area contributed by atoms with Crippen molar-refractivity contribution in [3.05, 3.63) is 41.7 Å². The van der Waals surface area contributed by atoms with Crippen molar-refractivity contribution in [2.75, 3.05) is 26.2 Å². The number of hydrogen-bond acceptors (Lipinski definition) is 2. The molecule has 0 atom stereocenters. The van der Waals surface area contributed by atoms with Crippen molar-refractivity contribution in [2.24, 2.45) is 0 Å². The Kier molecular flexibility index (Phi) is 2.57. The van der Waals surface area contributed by atoms with Crippen LogP contribution in [-0.2, 0) is 0 Å². The molecule has 2 saturated heterocycles. The molecule has 0 bridgehead atoms. The number of benzene rings is 1. The Hall–Kier alpha value is -0.690. The first-order valence-corrected chi connectivity index (χ1v) is 6.77. The standard InChI is InChI=1S/C12H15N2P/c1-2-4-12(5-3-1)6-11-15(13-7-8-13)14-9-10-14/h1-6,11H,7-10H2. The van der Waals surface area contributed by atoms with E-state index in [9.17, 15) is 0 Å². The van der Waals surface area contributed by atoms with Crippen LogP contribution in [0.5, 0.6) is 0 Å². The summed E-state index contributed by atoms with van der Waals surface area (Å²) in [4.78, 5) is 0. The van der Waals surface area contributed by atoms with Gasteiger partial charge in [0.2, 0.25) is 0 Å². The van der Waals surface area contributed by atoms with Crippen molar-refractivity contribution >= 4 is 14.3 Å². The second kappa shape index (κ2) is 4.05. The molecule has 1 aromatic carbocycles. The fourth-order valence-corrected chi connectivity index (χ4v) is 3.62. The Morgan fingerprint density at radius 2 is 1.53 bits per heavy atom. The molecule has 3 rings (SSSR count). The Balaban J connectivity index is 1.69. The van der Waals surface area contributed by atoms with Crippen LogP contribution in [0.1, 0.15) is 5.56 Å². The van der Waals surface area contributed by atoms with Crippen molar-refractivity contribution in [3.8, 4) is 0 Å². The summed E-state index contributed by atoms with van der Waals surface area (Å²) in [6.07, 6.45) is 2.27. The summed E-state index contributed by atoms with van der Waals surface area (Å²) in [5, 5.41) is 0. The lowest BCUT2D eigenvalue weighted by molar-refractivity contribution is 0.810. The molecule has 0 N–H and O–H groups in total. The summed E-state index contributed by atoms with van der Waals surface area (Å²) in [6.45, 7) is 5.17. The van der Waals surface area contributed by atoms with Gasteiger partial charge in [-0.05, 0) is 11.4 Å². The van der Waals surface area contributed by atoms with E-state index in [0.29, 0.717) is 0 Å². The summed E-state index contributed by atoms with van der Waals surface area (Å²) >= 11 is 0. The number of hydrogen-bond donors (Lipinski definition) is 0. The Bertz CT molecular complexity index is 343. The highest BCUT2D eigenvalue weighted by molar-refractivity contribution is 7.56. The van der Waals surface area contributed by atoms with Gasteiger partial charge in [0.1, 0.15) is 0 Å². The molecular weight excluding hydrogens is 203 g/mol. The van der Waals surface area contributed by atoms with Gasteiger partial charge in [0, 0.05) is 26.2 Å². The summed E-state index contributed by atoms with van der Waals surface area (Å²) in [6, 6.07) is 10.6. The molecule has 1 aromatic rings. The molecule has 3 heteroatoms. The lowest BCUT2D eigenvalue weighted by Gasteiger charge is -2.13. The van der Waals surface area contributed by atoms with Crippen LogP contribution < -0.4 is 0 Å². The molecule has 2 heterocycles. The van der Waals surface area contributed by atoms with Gasteiger partial charge in [0.15, 0.2) is 0 Å². The summed E-state index contributed by atoms with van der Waals surface area (Å²) in [7, 11) is -0.0940. The van der Waals surface area contributed by atoms with E-state index in [4.69, 9.17) is 0 Å². The monoisotopic (exact) mass is 218 g/mol. The Morgan fingerprint density at radius 3 is 2.07 bits per heavy atom. The quantitative estimate of drug-likeness (QED) is 0.566. The molecule has 2 aliphatic rings. The van der Waals surface area contributed by atoms with E-state index >= 15 is 0 Å². The van der Waals surface area contributed by atoms with Crippen LogP contribution in [0.2, 0.25) is 0 Å². The van der Waals surface area contributed by atoms with E-state index in [1.807, 2.05) is 0 Å². The molecule has 0 saturated carbocycles. The molecule has 78 valence electrons. The summed E-state index contributed by atoms with van der Waals surface area (Å²) in [5.41, 5.74) is 1.31. The molecule has 2 fully saturated rings. The maximum atomic E-state index is 2.56. The van der Waals surface area contributed by atoms with Gasteiger partial charge in [0.05, 0.1) is 8.22 Å².